The Bertz CT molecular complexity index is 924. The number of anilines is 2. The zero-order valence-corrected chi connectivity index (χ0v) is 19.2. The molecule has 0 unspecified atom stereocenters. The van der Waals surface area contributed by atoms with E-state index in [1.807, 2.05) is 12.1 Å². The van der Waals surface area contributed by atoms with Crippen LogP contribution in [0.3, 0.4) is 0 Å². The minimum absolute atomic E-state index is 0.287. The van der Waals surface area contributed by atoms with Crippen LogP contribution < -0.4 is 20.7 Å². The van der Waals surface area contributed by atoms with Gasteiger partial charge >= 0.3 is 6.03 Å². The number of aromatic nitrogens is 1. The van der Waals surface area contributed by atoms with Crippen molar-refractivity contribution in [2.45, 2.75) is 25.8 Å². The highest BCUT2D eigenvalue weighted by molar-refractivity contribution is 7.13. The number of nitrogens with zero attached hydrogens (tertiary/aromatic N) is 4. The van der Waals surface area contributed by atoms with Gasteiger partial charge in [0.2, 0.25) is 0 Å². The summed E-state index contributed by atoms with van der Waals surface area (Å²) in [5.74, 6) is -0.434. The van der Waals surface area contributed by atoms with Crippen LogP contribution in [0.1, 0.15) is 35.3 Å². The number of hydrogen-bond donors (Lipinski definition) is 2. The van der Waals surface area contributed by atoms with Crippen molar-refractivity contribution < 1.29 is 14.3 Å². The molecule has 0 spiro atoms. The molecule has 9 nitrogen and oxygen atoms in total. The molecule has 0 bridgehead atoms. The van der Waals surface area contributed by atoms with Crippen LogP contribution in [0.15, 0.2) is 29.6 Å². The van der Waals surface area contributed by atoms with E-state index in [0.717, 1.165) is 36.9 Å². The molecule has 0 radical (unpaired) electrons. The Hall–Kier alpha value is -2.85. The van der Waals surface area contributed by atoms with Gasteiger partial charge in [-0.1, -0.05) is 18.2 Å². The molecule has 2 N–H and O–H groups in total. The van der Waals surface area contributed by atoms with Gasteiger partial charge in [-0.3, -0.25) is 10.2 Å². The zero-order valence-electron chi connectivity index (χ0n) is 18.4. The van der Waals surface area contributed by atoms with E-state index in [2.05, 4.69) is 37.8 Å². The molecular weight excluding hydrogens is 428 g/mol. The fourth-order valence-electron chi connectivity index (χ4n) is 3.95. The highest BCUT2D eigenvalue weighted by Gasteiger charge is 2.19. The molecule has 2 aliphatic rings. The lowest BCUT2D eigenvalue weighted by atomic mass is 10.1. The smallest absolute Gasteiger partial charge is 0.336 e. The van der Waals surface area contributed by atoms with Crippen molar-refractivity contribution in [2.24, 2.45) is 0 Å². The van der Waals surface area contributed by atoms with Crippen LogP contribution in [0.5, 0.6) is 0 Å². The fraction of sp³-hybridized carbons (Fsp3) is 0.500. The Morgan fingerprint density at radius 2 is 1.81 bits per heavy atom. The molecular formula is C22H30N6O3S. The van der Waals surface area contributed by atoms with Gasteiger partial charge in [0.25, 0.3) is 5.91 Å². The lowest BCUT2D eigenvalue weighted by Gasteiger charge is -2.31. The number of ether oxygens (including phenoxy) is 1. The summed E-state index contributed by atoms with van der Waals surface area (Å²) in [6.45, 7) is 5.37. The molecule has 1 aromatic heterocycles. The summed E-state index contributed by atoms with van der Waals surface area (Å²) in [4.78, 5) is 35.4. The molecule has 2 aliphatic heterocycles. The topological polar surface area (TPSA) is 90.0 Å². The maximum Gasteiger partial charge on any atom is 0.336 e. The Labute approximate surface area is 192 Å². The number of rotatable bonds is 5. The molecule has 0 aliphatic carbocycles. The summed E-state index contributed by atoms with van der Waals surface area (Å²) in [6.07, 6.45) is 3.66. The second kappa shape index (κ2) is 10.6. The van der Waals surface area contributed by atoms with Gasteiger partial charge in [-0.15, -0.1) is 11.3 Å². The highest BCUT2D eigenvalue weighted by atomic mass is 32.1. The van der Waals surface area contributed by atoms with Crippen molar-refractivity contribution >= 4 is 34.1 Å². The summed E-state index contributed by atoms with van der Waals surface area (Å²) in [5, 5.41) is 2.49. The molecule has 3 amide bonds. The summed E-state index contributed by atoms with van der Waals surface area (Å²) in [5.41, 5.74) is 7.52. The van der Waals surface area contributed by atoms with E-state index < -0.39 is 5.91 Å². The molecule has 2 saturated heterocycles. The van der Waals surface area contributed by atoms with Gasteiger partial charge in [-0.25, -0.2) is 15.2 Å². The van der Waals surface area contributed by atoms with Gasteiger partial charge in [0, 0.05) is 50.8 Å². The van der Waals surface area contributed by atoms with Crippen molar-refractivity contribution in [3.05, 3.63) is 40.9 Å². The van der Waals surface area contributed by atoms with Crippen molar-refractivity contribution in [2.75, 3.05) is 56.2 Å². The Morgan fingerprint density at radius 3 is 2.59 bits per heavy atom. The first kappa shape index (κ1) is 22.3. The Balaban J connectivity index is 1.30. The number of carbonyl (C=O) groups is 2. The van der Waals surface area contributed by atoms with Crippen LogP contribution in [0.25, 0.3) is 0 Å². The summed E-state index contributed by atoms with van der Waals surface area (Å²) in [7, 11) is 1.72. The predicted octanol–water partition coefficient (Wildman–Crippen LogP) is 2.46. The second-order valence-electron chi connectivity index (χ2n) is 8.03. The summed E-state index contributed by atoms with van der Waals surface area (Å²) < 4.78 is 5.35. The number of para-hydroxylation sites is 1. The van der Waals surface area contributed by atoms with Gasteiger partial charge < -0.3 is 19.4 Å². The van der Waals surface area contributed by atoms with Crippen LogP contribution in [0.4, 0.5) is 15.6 Å². The van der Waals surface area contributed by atoms with Crippen molar-refractivity contribution in [1.29, 1.82) is 0 Å². The lowest BCUT2D eigenvalue weighted by molar-refractivity contribution is 0.0927. The maximum absolute atomic E-state index is 12.6. The third-order valence-electron chi connectivity index (χ3n) is 5.73. The fourth-order valence-corrected chi connectivity index (χ4v) is 4.81. The first-order chi connectivity index (χ1) is 15.6. The Morgan fingerprint density at radius 1 is 1.06 bits per heavy atom. The number of urea groups is 1. The first-order valence-electron chi connectivity index (χ1n) is 11.0. The quantitative estimate of drug-likeness (QED) is 0.669. The number of carbonyl (C=O) groups excluding carboxylic acids is 2. The molecule has 0 atom stereocenters. The molecule has 172 valence electrons. The zero-order chi connectivity index (χ0) is 22.3. The van der Waals surface area contributed by atoms with E-state index in [9.17, 15) is 9.59 Å². The van der Waals surface area contributed by atoms with Gasteiger partial charge in [0.05, 0.1) is 13.2 Å². The van der Waals surface area contributed by atoms with E-state index >= 15 is 0 Å². The van der Waals surface area contributed by atoms with Gasteiger partial charge in [0.15, 0.2) is 5.13 Å². The lowest BCUT2D eigenvalue weighted by Crippen LogP contribution is -2.47. The monoisotopic (exact) mass is 458 g/mol. The molecule has 10 heteroatoms. The minimum Gasteiger partial charge on any atom is -0.378 e. The first-order valence-corrected chi connectivity index (χ1v) is 11.9. The van der Waals surface area contributed by atoms with E-state index in [4.69, 9.17) is 4.74 Å². The van der Waals surface area contributed by atoms with Crippen molar-refractivity contribution in [3.63, 3.8) is 0 Å². The average Bonchev–Trinajstić information content (AvgIpc) is 3.34. The second-order valence-corrected chi connectivity index (χ2v) is 8.87. The third-order valence-corrected chi connectivity index (χ3v) is 6.63. The van der Waals surface area contributed by atoms with Gasteiger partial charge in [0.1, 0.15) is 5.69 Å². The predicted molar refractivity (Wildman–Crippen MR) is 125 cm³/mol. The number of amides is 3. The summed E-state index contributed by atoms with van der Waals surface area (Å²) in [6, 6.07) is 7.81. The number of morpholine rings is 1. The molecule has 1 aromatic carbocycles. The maximum atomic E-state index is 12.6. The van der Waals surface area contributed by atoms with Crippen LogP contribution in [0, 0.1) is 0 Å². The van der Waals surface area contributed by atoms with E-state index in [-0.39, 0.29) is 11.7 Å². The molecule has 2 aromatic rings. The van der Waals surface area contributed by atoms with E-state index in [1.165, 1.54) is 36.3 Å². The average molecular weight is 459 g/mol. The number of hydrazine groups is 1. The molecule has 3 heterocycles. The molecule has 0 saturated carbocycles. The number of benzene rings is 1. The normalized spacial score (nSPS) is 16.5. The van der Waals surface area contributed by atoms with Crippen LogP contribution in [0.2, 0.25) is 0 Å². The van der Waals surface area contributed by atoms with Crippen molar-refractivity contribution in [3.8, 4) is 0 Å². The number of piperidine rings is 1. The highest BCUT2D eigenvalue weighted by Crippen LogP contribution is 2.25. The van der Waals surface area contributed by atoms with E-state index in [0.29, 0.717) is 19.8 Å². The number of nitrogens with one attached hydrogen (secondary N) is 2. The largest absolute Gasteiger partial charge is 0.378 e. The Kier molecular flexibility index (Phi) is 7.43. The third kappa shape index (κ3) is 5.49. The number of thiazole rings is 1. The van der Waals surface area contributed by atoms with Crippen LogP contribution in [-0.4, -0.2) is 68.3 Å². The molecule has 32 heavy (non-hydrogen) atoms. The van der Waals surface area contributed by atoms with Crippen LogP contribution in [-0.2, 0) is 11.3 Å². The standard InChI is InChI=1S/C22H30N6O3S/c1-26(15-17-7-3-4-8-19(17)27-9-5-2-6-10-27)21(30)25-24-20(29)18-16-32-22(23-18)28-11-13-31-14-12-28/h3-4,7-8,16H,2,5-6,9-15H2,1H3,(H,24,29)(H,25,30). The summed E-state index contributed by atoms with van der Waals surface area (Å²) >= 11 is 1.41. The van der Waals surface area contributed by atoms with Gasteiger partial charge in [-0.2, -0.15) is 0 Å². The van der Waals surface area contributed by atoms with Gasteiger partial charge in [-0.05, 0) is 30.9 Å². The number of hydrogen-bond acceptors (Lipinski definition) is 7. The molecule has 2 fully saturated rings. The molecule has 4 rings (SSSR count). The SMILES string of the molecule is CN(Cc1ccccc1N1CCCCC1)C(=O)NNC(=O)c1csc(N2CCOCC2)n1. The van der Waals surface area contributed by atoms with E-state index in [1.54, 1.807) is 17.3 Å². The minimum atomic E-state index is -0.434. The van der Waals surface area contributed by atoms with Crippen LogP contribution >= 0.6 is 11.3 Å². The van der Waals surface area contributed by atoms with Crippen molar-refractivity contribution in [1.82, 2.24) is 20.7 Å².